The number of rotatable bonds is 5. The molecule has 9 nitrogen and oxygen atoms in total. The van der Waals surface area contributed by atoms with Crippen molar-refractivity contribution in [2.75, 3.05) is 10.6 Å². The van der Waals surface area contributed by atoms with Gasteiger partial charge in [0.2, 0.25) is 0 Å². The van der Waals surface area contributed by atoms with Crippen LogP contribution in [0.15, 0.2) is 54.9 Å². The molecule has 2 amide bonds. The summed E-state index contributed by atoms with van der Waals surface area (Å²) in [7, 11) is 0. The van der Waals surface area contributed by atoms with Crippen LogP contribution < -0.4 is 10.6 Å². The van der Waals surface area contributed by atoms with Crippen molar-refractivity contribution in [3.05, 3.63) is 87.2 Å². The SMILES string of the molecule is Cc1ccc(NC(=O)c2cccc([N+](=O)[O-])c2C(=O)Nc2ccc(C)cn2)nc1. The number of aromatic nitrogens is 2. The lowest BCUT2D eigenvalue weighted by molar-refractivity contribution is -0.385. The van der Waals surface area contributed by atoms with Crippen molar-refractivity contribution in [1.82, 2.24) is 9.97 Å². The van der Waals surface area contributed by atoms with E-state index >= 15 is 0 Å². The van der Waals surface area contributed by atoms with Gasteiger partial charge in [-0.15, -0.1) is 0 Å². The minimum atomic E-state index is -0.810. The van der Waals surface area contributed by atoms with Crippen LogP contribution in [0.25, 0.3) is 0 Å². The second-order valence-electron chi connectivity index (χ2n) is 6.31. The second kappa shape index (κ2) is 8.26. The van der Waals surface area contributed by atoms with E-state index in [2.05, 4.69) is 20.6 Å². The maximum Gasteiger partial charge on any atom is 0.282 e. The third-order valence-corrected chi connectivity index (χ3v) is 4.02. The Morgan fingerprint density at radius 2 is 1.41 bits per heavy atom. The van der Waals surface area contributed by atoms with Crippen molar-refractivity contribution in [3.8, 4) is 0 Å². The second-order valence-corrected chi connectivity index (χ2v) is 6.31. The van der Waals surface area contributed by atoms with Gasteiger partial charge in [-0.3, -0.25) is 19.7 Å². The van der Waals surface area contributed by atoms with E-state index in [1.807, 2.05) is 13.8 Å². The predicted octanol–water partition coefficient (Wildman–Crippen LogP) is 3.51. The van der Waals surface area contributed by atoms with Gasteiger partial charge in [-0.1, -0.05) is 18.2 Å². The van der Waals surface area contributed by atoms with Gasteiger partial charge in [0, 0.05) is 18.5 Å². The van der Waals surface area contributed by atoms with Gasteiger partial charge in [-0.05, 0) is 43.2 Å². The lowest BCUT2D eigenvalue weighted by Crippen LogP contribution is -2.22. The van der Waals surface area contributed by atoms with E-state index in [0.29, 0.717) is 0 Å². The number of benzene rings is 1. The Labute approximate surface area is 166 Å². The van der Waals surface area contributed by atoms with Gasteiger partial charge in [0.15, 0.2) is 0 Å². The molecule has 2 N–H and O–H groups in total. The molecule has 0 aliphatic rings. The van der Waals surface area contributed by atoms with Crippen LogP contribution in [0.5, 0.6) is 0 Å². The van der Waals surface area contributed by atoms with Crippen LogP contribution in [0.2, 0.25) is 0 Å². The summed E-state index contributed by atoms with van der Waals surface area (Å²) in [6.07, 6.45) is 3.12. The maximum absolute atomic E-state index is 12.8. The first-order valence-electron chi connectivity index (χ1n) is 8.60. The number of nitrogens with one attached hydrogen (secondary N) is 2. The summed E-state index contributed by atoms with van der Waals surface area (Å²) in [5.41, 5.74) is 0.804. The maximum atomic E-state index is 12.8. The number of hydrogen-bond donors (Lipinski definition) is 2. The Balaban J connectivity index is 1.96. The van der Waals surface area contributed by atoms with E-state index in [1.165, 1.54) is 18.2 Å². The molecule has 1 aromatic carbocycles. The molecule has 2 heterocycles. The van der Waals surface area contributed by atoms with Crippen LogP contribution >= 0.6 is 0 Å². The first-order valence-corrected chi connectivity index (χ1v) is 8.60. The highest BCUT2D eigenvalue weighted by atomic mass is 16.6. The summed E-state index contributed by atoms with van der Waals surface area (Å²) in [6, 6.07) is 10.5. The molecule has 9 heteroatoms. The zero-order valence-electron chi connectivity index (χ0n) is 15.7. The summed E-state index contributed by atoms with van der Waals surface area (Å²) >= 11 is 0. The number of pyridine rings is 2. The van der Waals surface area contributed by atoms with Crippen molar-refractivity contribution >= 4 is 29.1 Å². The molecular weight excluding hydrogens is 374 g/mol. The van der Waals surface area contributed by atoms with Gasteiger partial charge in [-0.2, -0.15) is 0 Å². The van der Waals surface area contributed by atoms with E-state index in [9.17, 15) is 19.7 Å². The summed E-state index contributed by atoms with van der Waals surface area (Å²) in [5, 5.41) is 16.5. The van der Waals surface area contributed by atoms with Crippen LogP contribution in [-0.4, -0.2) is 26.7 Å². The van der Waals surface area contributed by atoms with Gasteiger partial charge < -0.3 is 10.6 Å². The quantitative estimate of drug-likeness (QED) is 0.506. The molecule has 0 aliphatic heterocycles. The number of aryl methyl sites for hydroxylation is 2. The number of amides is 2. The molecule has 29 heavy (non-hydrogen) atoms. The Morgan fingerprint density at radius 1 is 0.862 bits per heavy atom. The number of anilines is 2. The van der Waals surface area contributed by atoms with Crippen LogP contribution in [0.1, 0.15) is 31.8 Å². The van der Waals surface area contributed by atoms with E-state index in [4.69, 9.17) is 0 Å². The largest absolute Gasteiger partial charge is 0.307 e. The average Bonchev–Trinajstić information content (AvgIpc) is 2.70. The zero-order chi connectivity index (χ0) is 21.0. The van der Waals surface area contributed by atoms with E-state index in [0.717, 1.165) is 11.1 Å². The molecule has 2 aromatic heterocycles. The van der Waals surface area contributed by atoms with Gasteiger partial charge >= 0.3 is 0 Å². The molecule has 146 valence electrons. The highest BCUT2D eigenvalue weighted by molar-refractivity contribution is 6.17. The lowest BCUT2D eigenvalue weighted by atomic mass is 10.0. The Kier molecular flexibility index (Phi) is 5.59. The molecule has 0 spiro atoms. The minimum absolute atomic E-state index is 0.147. The molecule has 0 saturated carbocycles. The smallest absolute Gasteiger partial charge is 0.282 e. The molecule has 3 rings (SSSR count). The molecule has 0 fully saturated rings. The molecule has 0 bridgehead atoms. The van der Waals surface area contributed by atoms with Crippen molar-refractivity contribution in [2.45, 2.75) is 13.8 Å². The van der Waals surface area contributed by atoms with Crippen molar-refractivity contribution in [1.29, 1.82) is 0 Å². The molecular formula is C20H17N5O4. The molecule has 0 saturated heterocycles. The van der Waals surface area contributed by atoms with E-state index < -0.39 is 22.4 Å². The lowest BCUT2D eigenvalue weighted by Gasteiger charge is -2.11. The highest BCUT2D eigenvalue weighted by Gasteiger charge is 2.27. The third kappa shape index (κ3) is 4.59. The highest BCUT2D eigenvalue weighted by Crippen LogP contribution is 2.24. The van der Waals surface area contributed by atoms with Gasteiger partial charge in [0.25, 0.3) is 17.5 Å². The van der Waals surface area contributed by atoms with Crippen LogP contribution in [0, 0.1) is 24.0 Å². The summed E-state index contributed by atoms with van der Waals surface area (Å²) < 4.78 is 0. The van der Waals surface area contributed by atoms with Gasteiger partial charge in [0.05, 0.1) is 10.5 Å². The molecule has 0 unspecified atom stereocenters. The molecule has 0 atom stereocenters. The topological polar surface area (TPSA) is 127 Å². The summed E-state index contributed by atoms with van der Waals surface area (Å²) in [5.74, 6) is -1.02. The molecule has 0 aliphatic carbocycles. The van der Waals surface area contributed by atoms with Crippen LogP contribution in [0.3, 0.4) is 0 Å². The Hall–Kier alpha value is -4.14. The Bertz CT molecular complexity index is 1080. The van der Waals surface area contributed by atoms with Gasteiger partial charge in [0.1, 0.15) is 17.2 Å². The normalized spacial score (nSPS) is 10.3. The summed E-state index contributed by atoms with van der Waals surface area (Å²) in [6.45, 7) is 3.68. The number of hydrogen-bond acceptors (Lipinski definition) is 6. The first-order chi connectivity index (χ1) is 13.8. The Morgan fingerprint density at radius 3 is 1.90 bits per heavy atom. The van der Waals surface area contributed by atoms with Crippen molar-refractivity contribution in [3.63, 3.8) is 0 Å². The van der Waals surface area contributed by atoms with Gasteiger partial charge in [-0.25, -0.2) is 9.97 Å². The predicted molar refractivity (Wildman–Crippen MR) is 107 cm³/mol. The summed E-state index contributed by atoms with van der Waals surface area (Å²) in [4.78, 5) is 44.4. The zero-order valence-corrected chi connectivity index (χ0v) is 15.7. The molecule has 3 aromatic rings. The number of carbonyl (C=O) groups excluding carboxylic acids is 2. The number of carbonyl (C=O) groups is 2. The fourth-order valence-corrected chi connectivity index (χ4v) is 2.57. The van der Waals surface area contributed by atoms with Crippen LogP contribution in [0.4, 0.5) is 17.3 Å². The molecule has 0 radical (unpaired) electrons. The third-order valence-electron chi connectivity index (χ3n) is 4.02. The number of nitrogens with zero attached hydrogens (tertiary/aromatic N) is 3. The first kappa shape index (κ1) is 19.6. The average molecular weight is 391 g/mol. The van der Waals surface area contributed by atoms with E-state index in [1.54, 1.807) is 36.7 Å². The fourth-order valence-electron chi connectivity index (χ4n) is 2.57. The number of nitro benzene ring substituents is 1. The van der Waals surface area contributed by atoms with Crippen molar-refractivity contribution in [2.24, 2.45) is 0 Å². The monoisotopic (exact) mass is 391 g/mol. The van der Waals surface area contributed by atoms with Crippen molar-refractivity contribution < 1.29 is 14.5 Å². The van der Waals surface area contributed by atoms with Crippen LogP contribution in [-0.2, 0) is 0 Å². The fraction of sp³-hybridized carbons (Fsp3) is 0.100. The van der Waals surface area contributed by atoms with E-state index in [-0.39, 0.29) is 22.8 Å². The number of nitro groups is 1. The standard InChI is InChI=1S/C20H17N5O4/c1-12-6-8-16(21-10-12)23-19(26)14-4-3-5-15(25(28)29)18(14)20(27)24-17-9-7-13(2)11-22-17/h3-11H,1-2H3,(H,21,23,26)(H,22,24,27). The minimum Gasteiger partial charge on any atom is -0.307 e.